The van der Waals surface area contributed by atoms with E-state index in [1.165, 1.54) is 0 Å². The van der Waals surface area contributed by atoms with Crippen LogP contribution >= 0.6 is 11.6 Å². The van der Waals surface area contributed by atoms with Gasteiger partial charge in [-0.3, -0.25) is 4.79 Å². The van der Waals surface area contributed by atoms with E-state index < -0.39 is 0 Å². The molecule has 0 N–H and O–H groups in total. The molecule has 3 heteroatoms. The lowest BCUT2D eigenvalue weighted by molar-refractivity contribution is -0.116. The first-order valence-corrected chi connectivity index (χ1v) is 4.08. The highest BCUT2D eigenvalue weighted by Crippen LogP contribution is 2.10. The molecule has 1 aromatic rings. The van der Waals surface area contributed by atoms with Crippen molar-refractivity contribution in [3.8, 4) is 0 Å². The Morgan fingerprint density at radius 3 is 2.75 bits per heavy atom. The van der Waals surface area contributed by atoms with Crippen LogP contribution in [0.15, 0.2) is 12.1 Å². The first kappa shape index (κ1) is 9.20. The average molecular weight is 184 g/mol. The number of carbonyl (C=O) groups is 1. The van der Waals surface area contributed by atoms with E-state index in [-0.39, 0.29) is 5.78 Å². The highest BCUT2D eigenvalue weighted by atomic mass is 35.5. The van der Waals surface area contributed by atoms with Crippen molar-refractivity contribution < 1.29 is 4.79 Å². The summed E-state index contributed by atoms with van der Waals surface area (Å²) in [7, 11) is 0. The van der Waals surface area contributed by atoms with Gasteiger partial charge in [-0.05, 0) is 31.5 Å². The number of rotatable bonds is 2. The van der Waals surface area contributed by atoms with Crippen LogP contribution in [-0.4, -0.2) is 10.8 Å². The van der Waals surface area contributed by atoms with Gasteiger partial charge in [-0.15, -0.1) is 0 Å². The average Bonchev–Trinajstić information content (AvgIpc) is 1.81. The molecule has 0 saturated carbocycles. The van der Waals surface area contributed by atoms with Crippen LogP contribution in [0.3, 0.4) is 0 Å². The Labute approximate surface area is 76.6 Å². The van der Waals surface area contributed by atoms with Crippen LogP contribution in [0.25, 0.3) is 0 Å². The molecule has 0 bridgehead atoms. The van der Waals surface area contributed by atoms with Crippen LogP contribution in [0.1, 0.15) is 18.2 Å². The molecule has 0 unspecified atom stereocenters. The lowest BCUT2D eigenvalue weighted by atomic mass is 10.1. The van der Waals surface area contributed by atoms with E-state index in [0.29, 0.717) is 11.6 Å². The zero-order valence-electron chi connectivity index (χ0n) is 7.10. The topological polar surface area (TPSA) is 30.0 Å². The fourth-order valence-corrected chi connectivity index (χ4v) is 1.36. The zero-order chi connectivity index (χ0) is 9.14. The Morgan fingerprint density at radius 1 is 1.58 bits per heavy atom. The maximum absolute atomic E-state index is 10.8. The number of hydrogen-bond acceptors (Lipinski definition) is 2. The van der Waals surface area contributed by atoms with E-state index in [1.54, 1.807) is 13.0 Å². The van der Waals surface area contributed by atoms with Crippen LogP contribution < -0.4 is 0 Å². The first-order chi connectivity index (χ1) is 5.58. The summed E-state index contributed by atoms with van der Waals surface area (Å²) >= 11 is 5.71. The van der Waals surface area contributed by atoms with Crippen LogP contribution in [0.2, 0.25) is 5.15 Å². The minimum absolute atomic E-state index is 0.136. The quantitative estimate of drug-likeness (QED) is 0.658. The molecule has 0 radical (unpaired) electrons. The van der Waals surface area contributed by atoms with Crippen molar-refractivity contribution in [2.75, 3.05) is 0 Å². The third-order valence-electron chi connectivity index (χ3n) is 1.44. The molecule has 0 atom stereocenters. The molecule has 0 fully saturated rings. The van der Waals surface area contributed by atoms with Gasteiger partial charge in [0, 0.05) is 12.1 Å². The van der Waals surface area contributed by atoms with Crippen LogP contribution in [0.5, 0.6) is 0 Å². The molecule has 0 aliphatic heterocycles. The molecule has 0 amide bonds. The summed E-state index contributed by atoms with van der Waals surface area (Å²) in [6.45, 7) is 3.42. The standard InChI is InChI=1S/C9H10ClNO/c1-6-3-8(4-7(2)12)5-9(10)11-6/h3,5H,4H2,1-2H3. The lowest BCUT2D eigenvalue weighted by Gasteiger charge is -1.99. The van der Waals surface area contributed by atoms with E-state index in [4.69, 9.17) is 11.6 Å². The summed E-state index contributed by atoms with van der Waals surface area (Å²) in [5.41, 5.74) is 1.78. The van der Waals surface area contributed by atoms with Crippen molar-refractivity contribution in [3.05, 3.63) is 28.5 Å². The summed E-state index contributed by atoms with van der Waals surface area (Å²) < 4.78 is 0. The van der Waals surface area contributed by atoms with Gasteiger partial charge in [0.25, 0.3) is 0 Å². The predicted molar refractivity (Wildman–Crippen MR) is 48.4 cm³/mol. The predicted octanol–water partition coefficient (Wildman–Crippen LogP) is 2.17. The van der Waals surface area contributed by atoms with Crippen molar-refractivity contribution in [1.82, 2.24) is 4.98 Å². The summed E-state index contributed by atoms with van der Waals surface area (Å²) in [6, 6.07) is 3.59. The first-order valence-electron chi connectivity index (χ1n) is 3.70. The van der Waals surface area contributed by atoms with E-state index in [1.807, 2.05) is 13.0 Å². The number of halogens is 1. The monoisotopic (exact) mass is 183 g/mol. The minimum atomic E-state index is 0.136. The molecular weight excluding hydrogens is 174 g/mol. The molecule has 0 aliphatic carbocycles. The highest BCUT2D eigenvalue weighted by molar-refractivity contribution is 6.29. The van der Waals surface area contributed by atoms with Crippen LogP contribution in [-0.2, 0) is 11.2 Å². The van der Waals surface area contributed by atoms with E-state index in [0.717, 1.165) is 11.3 Å². The number of ketones is 1. The molecule has 0 aromatic carbocycles. The number of Topliss-reactive ketones (excluding diaryl/α,β-unsaturated/α-hetero) is 1. The third-order valence-corrected chi connectivity index (χ3v) is 1.63. The Hall–Kier alpha value is -0.890. The van der Waals surface area contributed by atoms with Crippen molar-refractivity contribution in [1.29, 1.82) is 0 Å². The minimum Gasteiger partial charge on any atom is -0.300 e. The maximum Gasteiger partial charge on any atom is 0.134 e. The van der Waals surface area contributed by atoms with Gasteiger partial charge in [0.1, 0.15) is 10.9 Å². The fourth-order valence-electron chi connectivity index (χ4n) is 1.09. The Bertz CT molecular complexity index is 289. The Kier molecular flexibility index (Phi) is 2.82. The van der Waals surface area contributed by atoms with Gasteiger partial charge in [0.15, 0.2) is 0 Å². The van der Waals surface area contributed by atoms with E-state index in [2.05, 4.69) is 4.98 Å². The van der Waals surface area contributed by atoms with Crippen LogP contribution in [0.4, 0.5) is 0 Å². The zero-order valence-corrected chi connectivity index (χ0v) is 7.85. The van der Waals surface area contributed by atoms with Crippen molar-refractivity contribution in [2.45, 2.75) is 20.3 Å². The SMILES string of the molecule is CC(=O)Cc1cc(C)nc(Cl)c1. The van der Waals surface area contributed by atoms with Gasteiger partial charge in [-0.1, -0.05) is 11.6 Å². The fraction of sp³-hybridized carbons (Fsp3) is 0.333. The Morgan fingerprint density at radius 2 is 2.25 bits per heavy atom. The second-order valence-corrected chi connectivity index (χ2v) is 3.21. The normalized spacial score (nSPS) is 9.92. The van der Waals surface area contributed by atoms with E-state index >= 15 is 0 Å². The maximum atomic E-state index is 10.8. The molecule has 64 valence electrons. The summed E-state index contributed by atoms with van der Waals surface area (Å²) in [6.07, 6.45) is 0.434. The van der Waals surface area contributed by atoms with Crippen molar-refractivity contribution in [3.63, 3.8) is 0 Å². The molecule has 0 saturated heterocycles. The van der Waals surface area contributed by atoms with Gasteiger partial charge in [-0.2, -0.15) is 0 Å². The number of nitrogens with zero attached hydrogens (tertiary/aromatic N) is 1. The second-order valence-electron chi connectivity index (χ2n) is 2.82. The molecule has 12 heavy (non-hydrogen) atoms. The van der Waals surface area contributed by atoms with Gasteiger partial charge in [0.2, 0.25) is 0 Å². The third kappa shape index (κ3) is 2.62. The molecular formula is C9H10ClNO. The highest BCUT2D eigenvalue weighted by Gasteiger charge is 2.00. The summed E-state index contributed by atoms with van der Waals surface area (Å²) in [4.78, 5) is 14.8. The van der Waals surface area contributed by atoms with E-state index in [9.17, 15) is 4.79 Å². The number of carbonyl (C=O) groups excluding carboxylic acids is 1. The van der Waals surface area contributed by atoms with Crippen LogP contribution in [0, 0.1) is 6.92 Å². The van der Waals surface area contributed by atoms with Gasteiger partial charge < -0.3 is 0 Å². The van der Waals surface area contributed by atoms with Crippen molar-refractivity contribution in [2.24, 2.45) is 0 Å². The smallest absolute Gasteiger partial charge is 0.134 e. The number of hydrogen-bond donors (Lipinski definition) is 0. The molecule has 2 nitrogen and oxygen atoms in total. The number of aryl methyl sites for hydroxylation is 1. The molecule has 0 spiro atoms. The molecule has 1 heterocycles. The van der Waals surface area contributed by atoms with Gasteiger partial charge >= 0.3 is 0 Å². The summed E-state index contributed by atoms with van der Waals surface area (Å²) in [5.74, 6) is 0.136. The molecule has 1 aromatic heterocycles. The lowest BCUT2D eigenvalue weighted by Crippen LogP contribution is -1.97. The van der Waals surface area contributed by atoms with Gasteiger partial charge in [-0.25, -0.2) is 4.98 Å². The summed E-state index contributed by atoms with van der Waals surface area (Å²) in [5, 5.41) is 0.450. The second kappa shape index (κ2) is 3.68. The number of pyridine rings is 1. The Balaban J connectivity index is 2.93. The molecule has 0 aliphatic rings. The molecule has 1 rings (SSSR count). The van der Waals surface area contributed by atoms with Crippen molar-refractivity contribution >= 4 is 17.4 Å². The largest absolute Gasteiger partial charge is 0.300 e. The van der Waals surface area contributed by atoms with Gasteiger partial charge in [0.05, 0.1) is 0 Å². The number of aromatic nitrogens is 1.